The summed E-state index contributed by atoms with van der Waals surface area (Å²) in [4.78, 5) is 0. The second-order valence-corrected chi connectivity index (χ2v) is 5.68. The average Bonchev–Trinajstić information content (AvgIpc) is 3.31. The Morgan fingerprint density at radius 1 is 1.05 bits per heavy atom. The number of benzene rings is 2. The van der Waals surface area contributed by atoms with Crippen LogP contribution >= 0.6 is 11.6 Å². The molecule has 1 atom stereocenters. The Bertz CT molecular complexity index is 561. The van der Waals surface area contributed by atoms with Gasteiger partial charge in [0.25, 0.3) is 0 Å². The molecule has 1 fully saturated rings. The third-order valence-corrected chi connectivity index (χ3v) is 3.99. The summed E-state index contributed by atoms with van der Waals surface area (Å²) in [6.07, 6.45) is 2.58. The zero-order valence-corrected chi connectivity index (χ0v) is 12.2. The molecule has 1 saturated carbocycles. The summed E-state index contributed by atoms with van der Waals surface area (Å²) in [5.41, 5.74) is 2.42. The maximum absolute atomic E-state index is 5.97. The van der Waals surface area contributed by atoms with Gasteiger partial charge in [-0.15, -0.1) is 0 Å². The Balaban J connectivity index is 1.78. The van der Waals surface area contributed by atoms with Gasteiger partial charge in [-0.05, 0) is 60.7 Å². The summed E-state index contributed by atoms with van der Waals surface area (Å²) < 4.78 is 5.19. The van der Waals surface area contributed by atoms with Crippen molar-refractivity contribution in [2.75, 3.05) is 12.4 Å². The fourth-order valence-corrected chi connectivity index (χ4v) is 2.57. The number of rotatable bonds is 5. The van der Waals surface area contributed by atoms with Gasteiger partial charge in [0, 0.05) is 10.7 Å². The second-order valence-electron chi connectivity index (χ2n) is 5.24. The lowest BCUT2D eigenvalue weighted by Crippen LogP contribution is -2.12. The molecule has 2 nitrogen and oxygen atoms in total. The van der Waals surface area contributed by atoms with Crippen molar-refractivity contribution in [1.82, 2.24) is 0 Å². The van der Waals surface area contributed by atoms with Crippen molar-refractivity contribution in [2.45, 2.75) is 18.9 Å². The third-order valence-electron chi connectivity index (χ3n) is 3.73. The van der Waals surface area contributed by atoms with Gasteiger partial charge >= 0.3 is 0 Å². The van der Waals surface area contributed by atoms with Gasteiger partial charge in [-0.1, -0.05) is 23.7 Å². The number of ether oxygens (including phenoxy) is 1. The molecule has 0 spiro atoms. The highest BCUT2D eigenvalue weighted by molar-refractivity contribution is 6.30. The Kier molecular flexibility index (Phi) is 3.83. The molecule has 1 N–H and O–H groups in total. The van der Waals surface area contributed by atoms with E-state index >= 15 is 0 Å². The SMILES string of the molecule is COc1ccc(NC(c2ccc(Cl)cc2)C2CC2)cc1. The van der Waals surface area contributed by atoms with E-state index in [4.69, 9.17) is 16.3 Å². The molecule has 104 valence electrons. The number of nitrogens with one attached hydrogen (secondary N) is 1. The zero-order chi connectivity index (χ0) is 13.9. The number of anilines is 1. The van der Waals surface area contributed by atoms with Crippen LogP contribution in [0.1, 0.15) is 24.4 Å². The maximum Gasteiger partial charge on any atom is 0.119 e. The largest absolute Gasteiger partial charge is 0.497 e. The molecule has 1 aliphatic carbocycles. The second kappa shape index (κ2) is 5.76. The van der Waals surface area contributed by atoms with E-state index in [0.29, 0.717) is 6.04 Å². The Labute approximate surface area is 124 Å². The van der Waals surface area contributed by atoms with E-state index in [1.165, 1.54) is 18.4 Å². The first-order valence-corrected chi connectivity index (χ1v) is 7.30. The summed E-state index contributed by atoms with van der Waals surface area (Å²) in [6, 6.07) is 16.6. The van der Waals surface area contributed by atoms with Crippen LogP contribution in [0.25, 0.3) is 0 Å². The maximum atomic E-state index is 5.97. The van der Waals surface area contributed by atoms with Crippen LogP contribution in [0.5, 0.6) is 5.75 Å². The van der Waals surface area contributed by atoms with E-state index in [9.17, 15) is 0 Å². The van der Waals surface area contributed by atoms with E-state index in [1.54, 1.807) is 7.11 Å². The summed E-state index contributed by atoms with van der Waals surface area (Å²) in [5, 5.41) is 4.41. The molecule has 0 radical (unpaired) electrons. The van der Waals surface area contributed by atoms with Crippen molar-refractivity contribution >= 4 is 17.3 Å². The van der Waals surface area contributed by atoms with E-state index in [1.807, 2.05) is 24.3 Å². The average molecular weight is 288 g/mol. The lowest BCUT2D eigenvalue weighted by Gasteiger charge is -2.20. The van der Waals surface area contributed by atoms with Gasteiger partial charge < -0.3 is 10.1 Å². The highest BCUT2D eigenvalue weighted by Gasteiger charge is 2.32. The van der Waals surface area contributed by atoms with Crippen molar-refractivity contribution in [1.29, 1.82) is 0 Å². The molecule has 3 rings (SSSR count). The predicted octanol–water partition coefficient (Wildman–Crippen LogP) is 4.91. The molecule has 2 aromatic rings. The topological polar surface area (TPSA) is 21.3 Å². The van der Waals surface area contributed by atoms with Crippen LogP contribution in [-0.2, 0) is 0 Å². The molecule has 1 aliphatic rings. The smallest absolute Gasteiger partial charge is 0.119 e. The molecular formula is C17H18ClNO. The first-order chi connectivity index (χ1) is 9.76. The van der Waals surface area contributed by atoms with Gasteiger partial charge in [0.1, 0.15) is 5.75 Å². The Hall–Kier alpha value is -1.67. The molecule has 20 heavy (non-hydrogen) atoms. The van der Waals surface area contributed by atoms with Crippen LogP contribution in [0.4, 0.5) is 5.69 Å². The summed E-state index contributed by atoms with van der Waals surface area (Å²) in [6.45, 7) is 0. The molecule has 0 heterocycles. The van der Waals surface area contributed by atoms with Crippen LogP contribution in [0, 0.1) is 5.92 Å². The number of methoxy groups -OCH3 is 1. The highest BCUT2D eigenvalue weighted by Crippen LogP contribution is 2.43. The molecule has 0 bridgehead atoms. The molecule has 3 heteroatoms. The Morgan fingerprint density at radius 2 is 1.70 bits per heavy atom. The minimum Gasteiger partial charge on any atom is -0.497 e. The van der Waals surface area contributed by atoms with Gasteiger partial charge in [-0.3, -0.25) is 0 Å². The van der Waals surface area contributed by atoms with Crippen molar-refractivity contribution in [3.8, 4) is 5.75 Å². The molecular weight excluding hydrogens is 270 g/mol. The molecule has 2 aromatic carbocycles. The van der Waals surface area contributed by atoms with E-state index < -0.39 is 0 Å². The van der Waals surface area contributed by atoms with Crippen LogP contribution in [0.2, 0.25) is 5.02 Å². The van der Waals surface area contributed by atoms with Crippen LogP contribution < -0.4 is 10.1 Å². The van der Waals surface area contributed by atoms with E-state index in [0.717, 1.165) is 22.4 Å². The van der Waals surface area contributed by atoms with E-state index in [2.05, 4.69) is 29.6 Å². The van der Waals surface area contributed by atoms with Crippen LogP contribution in [-0.4, -0.2) is 7.11 Å². The normalized spacial score (nSPS) is 15.7. The standard InChI is InChI=1S/C17H18ClNO/c1-20-16-10-8-15(9-11-16)19-17(12-2-3-12)13-4-6-14(18)7-5-13/h4-12,17,19H,2-3H2,1H3. The van der Waals surface area contributed by atoms with Gasteiger partial charge in [-0.2, -0.15) is 0 Å². The Morgan fingerprint density at radius 3 is 2.25 bits per heavy atom. The van der Waals surface area contributed by atoms with E-state index in [-0.39, 0.29) is 0 Å². The third kappa shape index (κ3) is 3.07. The number of hydrogen-bond acceptors (Lipinski definition) is 2. The zero-order valence-electron chi connectivity index (χ0n) is 11.5. The summed E-state index contributed by atoms with van der Waals surface area (Å²) in [5.74, 6) is 1.60. The highest BCUT2D eigenvalue weighted by atomic mass is 35.5. The molecule has 0 amide bonds. The molecule has 0 aromatic heterocycles. The minimum absolute atomic E-state index is 0.362. The number of hydrogen-bond donors (Lipinski definition) is 1. The monoisotopic (exact) mass is 287 g/mol. The van der Waals surface area contributed by atoms with Crippen molar-refractivity contribution in [3.05, 3.63) is 59.1 Å². The van der Waals surface area contributed by atoms with Crippen molar-refractivity contribution < 1.29 is 4.74 Å². The summed E-state index contributed by atoms with van der Waals surface area (Å²) >= 11 is 5.97. The van der Waals surface area contributed by atoms with Crippen LogP contribution in [0.3, 0.4) is 0 Å². The first-order valence-electron chi connectivity index (χ1n) is 6.92. The minimum atomic E-state index is 0.362. The fourth-order valence-electron chi connectivity index (χ4n) is 2.44. The molecule has 1 unspecified atom stereocenters. The van der Waals surface area contributed by atoms with Crippen LogP contribution in [0.15, 0.2) is 48.5 Å². The van der Waals surface area contributed by atoms with Gasteiger partial charge in [0.2, 0.25) is 0 Å². The quantitative estimate of drug-likeness (QED) is 0.843. The first kappa shape index (κ1) is 13.3. The fraction of sp³-hybridized carbons (Fsp3) is 0.294. The molecule has 0 saturated heterocycles. The predicted molar refractivity (Wildman–Crippen MR) is 83.5 cm³/mol. The van der Waals surface area contributed by atoms with Gasteiger partial charge in [-0.25, -0.2) is 0 Å². The summed E-state index contributed by atoms with van der Waals surface area (Å²) in [7, 11) is 1.68. The molecule has 0 aliphatic heterocycles. The lowest BCUT2D eigenvalue weighted by atomic mass is 10.0. The number of halogens is 1. The van der Waals surface area contributed by atoms with Crippen molar-refractivity contribution in [2.24, 2.45) is 5.92 Å². The van der Waals surface area contributed by atoms with Gasteiger partial charge in [0.15, 0.2) is 0 Å². The van der Waals surface area contributed by atoms with Gasteiger partial charge in [0.05, 0.1) is 13.2 Å². The lowest BCUT2D eigenvalue weighted by molar-refractivity contribution is 0.415. The van der Waals surface area contributed by atoms with Crippen molar-refractivity contribution in [3.63, 3.8) is 0 Å².